The Morgan fingerprint density at radius 3 is 2.64 bits per heavy atom. The minimum Gasteiger partial charge on any atom is -0.463 e. The Bertz CT molecular complexity index is 463. The summed E-state index contributed by atoms with van der Waals surface area (Å²) in [6, 6.07) is 0. The van der Waals surface area contributed by atoms with Crippen molar-refractivity contribution in [1.29, 1.82) is 0 Å². The third-order valence-electron chi connectivity index (χ3n) is 3.23. The molecule has 124 valence electrons. The number of nitrogens with one attached hydrogen (secondary N) is 1. The van der Waals surface area contributed by atoms with Crippen molar-refractivity contribution in [2.24, 2.45) is 11.1 Å². The molecule has 1 aliphatic heterocycles. The maximum atomic E-state index is 11.7. The monoisotopic (exact) mass is 310 g/mol. The number of ether oxygens (including phenoxy) is 2. The van der Waals surface area contributed by atoms with Gasteiger partial charge in [-0.15, -0.1) is 0 Å². The molecule has 3 N–H and O–H groups in total. The molecule has 1 saturated heterocycles. The summed E-state index contributed by atoms with van der Waals surface area (Å²) in [6.07, 6.45) is 6.51. The van der Waals surface area contributed by atoms with Gasteiger partial charge in [-0.3, -0.25) is 9.59 Å². The first-order chi connectivity index (χ1) is 10.2. The molecule has 6 nitrogen and oxygen atoms in total. The molecule has 22 heavy (non-hydrogen) atoms. The molecule has 0 aromatic rings. The molecule has 0 saturated carbocycles. The van der Waals surface area contributed by atoms with Crippen LogP contribution in [0.2, 0.25) is 0 Å². The van der Waals surface area contributed by atoms with Crippen molar-refractivity contribution in [1.82, 2.24) is 5.32 Å². The summed E-state index contributed by atoms with van der Waals surface area (Å²) in [6.45, 7) is 7.39. The lowest BCUT2D eigenvalue weighted by molar-refractivity contribution is -0.157. The fourth-order valence-electron chi connectivity index (χ4n) is 1.77. The minimum atomic E-state index is -0.496. The summed E-state index contributed by atoms with van der Waals surface area (Å²) in [4.78, 5) is 22.5. The van der Waals surface area contributed by atoms with E-state index < -0.39 is 11.3 Å². The second kappa shape index (κ2) is 7.98. The van der Waals surface area contributed by atoms with Crippen molar-refractivity contribution in [2.75, 3.05) is 6.61 Å². The van der Waals surface area contributed by atoms with E-state index in [0.29, 0.717) is 5.57 Å². The molecule has 1 amide bonds. The highest BCUT2D eigenvalue weighted by Crippen LogP contribution is 2.20. The van der Waals surface area contributed by atoms with Crippen LogP contribution in [0.3, 0.4) is 0 Å². The van der Waals surface area contributed by atoms with Crippen LogP contribution >= 0.6 is 0 Å². The second-order valence-electron chi connectivity index (χ2n) is 6.41. The van der Waals surface area contributed by atoms with Crippen molar-refractivity contribution in [3.63, 3.8) is 0 Å². The molecular formula is C16H26N2O4. The number of esters is 1. The molecule has 1 aliphatic rings. The fourth-order valence-corrected chi connectivity index (χ4v) is 1.77. The molecule has 1 heterocycles. The Labute approximate surface area is 131 Å². The van der Waals surface area contributed by atoms with Crippen LogP contribution in [0.15, 0.2) is 23.9 Å². The molecule has 0 bridgehead atoms. The van der Waals surface area contributed by atoms with Crippen LogP contribution in [-0.4, -0.2) is 30.8 Å². The van der Waals surface area contributed by atoms with Gasteiger partial charge in [-0.1, -0.05) is 6.08 Å². The van der Waals surface area contributed by atoms with Crippen molar-refractivity contribution in [2.45, 2.75) is 52.9 Å². The second-order valence-corrected chi connectivity index (χ2v) is 6.41. The number of hydrogen-bond acceptors (Lipinski definition) is 5. The number of nitrogens with two attached hydrogens (primary N) is 1. The SMILES string of the molecule is C/C(=C\C=C/N[C@H]1CC[C@@H](COC(=O)C(C)(C)C)O1)C(N)=O. The van der Waals surface area contributed by atoms with Crippen LogP contribution < -0.4 is 11.1 Å². The van der Waals surface area contributed by atoms with E-state index in [9.17, 15) is 9.59 Å². The fraction of sp³-hybridized carbons (Fsp3) is 0.625. The van der Waals surface area contributed by atoms with E-state index in [-0.39, 0.29) is 24.9 Å². The van der Waals surface area contributed by atoms with Crippen molar-refractivity contribution in [3.05, 3.63) is 23.9 Å². The number of allylic oxidation sites excluding steroid dienone is 2. The van der Waals surface area contributed by atoms with Gasteiger partial charge in [-0.05, 0) is 52.8 Å². The highest BCUT2D eigenvalue weighted by atomic mass is 16.6. The van der Waals surface area contributed by atoms with E-state index in [1.165, 1.54) is 0 Å². The third kappa shape index (κ3) is 6.30. The van der Waals surface area contributed by atoms with Crippen LogP contribution in [0.1, 0.15) is 40.5 Å². The summed E-state index contributed by atoms with van der Waals surface area (Å²) < 4.78 is 11.0. The van der Waals surface area contributed by atoms with E-state index in [4.69, 9.17) is 15.2 Å². The maximum Gasteiger partial charge on any atom is 0.311 e. The van der Waals surface area contributed by atoms with E-state index in [2.05, 4.69) is 5.32 Å². The van der Waals surface area contributed by atoms with Gasteiger partial charge >= 0.3 is 5.97 Å². The predicted octanol–water partition coefficient (Wildman–Crippen LogP) is 1.62. The lowest BCUT2D eigenvalue weighted by atomic mass is 9.97. The Balaban J connectivity index is 2.29. The van der Waals surface area contributed by atoms with E-state index >= 15 is 0 Å². The number of hydrogen-bond donors (Lipinski definition) is 2. The first-order valence-electron chi connectivity index (χ1n) is 7.42. The van der Waals surface area contributed by atoms with Gasteiger partial charge in [-0.2, -0.15) is 0 Å². The first kappa shape index (κ1) is 18.2. The van der Waals surface area contributed by atoms with Crippen LogP contribution in [0, 0.1) is 5.41 Å². The zero-order valence-electron chi connectivity index (χ0n) is 13.7. The van der Waals surface area contributed by atoms with Gasteiger partial charge in [0.05, 0.1) is 11.5 Å². The zero-order chi connectivity index (χ0) is 16.8. The molecule has 0 aliphatic carbocycles. The molecule has 1 rings (SSSR count). The van der Waals surface area contributed by atoms with Gasteiger partial charge in [0.1, 0.15) is 12.8 Å². The summed E-state index contributed by atoms with van der Waals surface area (Å²) in [7, 11) is 0. The number of carbonyl (C=O) groups excluding carboxylic acids is 2. The molecule has 0 unspecified atom stereocenters. The van der Waals surface area contributed by atoms with E-state index in [1.54, 1.807) is 25.3 Å². The smallest absolute Gasteiger partial charge is 0.311 e. The van der Waals surface area contributed by atoms with Gasteiger partial charge in [0.25, 0.3) is 0 Å². The van der Waals surface area contributed by atoms with Gasteiger partial charge < -0.3 is 20.5 Å². The maximum absolute atomic E-state index is 11.7. The average molecular weight is 310 g/mol. The van der Waals surface area contributed by atoms with Crippen molar-refractivity contribution >= 4 is 11.9 Å². The summed E-state index contributed by atoms with van der Waals surface area (Å²) in [5.41, 5.74) is 5.11. The van der Waals surface area contributed by atoms with Gasteiger partial charge in [0.15, 0.2) is 0 Å². The normalized spacial score (nSPS) is 22.8. The van der Waals surface area contributed by atoms with Crippen LogP contribution in [0.5, 0.6) is 0 Å². The highest BCUT2D eigenvalue weighted by molar-refractivity contribution is 5.91. The van der Waals surface area contributed by atoms with Crippen molar-refractivity contribution < 1.29 is 19.1 Å². The Morgan fingerprint density at radius 1 is 1.36 bits per heavy atom. The van der Waals surface area contributed by atoms with Gasteiger partial charge in [-0.25, -0.2) is 0 Å². The van der Waals surface area contributed by atoms with Crippen molar-refractivity contribution in [3.8, 4) is 0 Å². The lowest BCUT2D eigenvalue weighted by Crippen LogP contribution is -2.29. The Morgan fingerprint density at radius 2 is 2.05 bits per heavy atom. The quantitative estimate of drug-likeness (QED) is 0.442. The molecule has 2 atom stereocenters. The molecule has 0 spiro atoms. The van der Waals surface area contributed by atoms with Crippen LogP contribution in [-0.2, 0) is 19.1 Å². The van der Waals surface area contributed by atoms with E-state index in [0.717, 1.165) is 12.8 Å². The summed E-state index contributed by atoms with van der Waals surface area (Å²) >= 11 is 0. The Hall–Kier alpha value is -1.82. The first-order valence-corrected chi connectivity index (χ1v) is 7.42. The zero-order valence-corrected chi connectivity index (χ0v) is 13.7. The molecule has 6 heteroatoms. The number of rotatable bonds is 6. The van der Waals surface area contributed by atoms with Crippen LogP contribution in [0.25, 0.3) is 0 Å². The average Bonchev–Trinajstić information content (AvgIpc) is 2.87. The molecule has 1 fully saturated rings. The van der Waals surface area contributed by atoms with Gasteiger partial charge in [0.2, 0.25) is 5.91 Å². The standard InChI is InChI=1S/C16H26N2O4/c1-11(14(17)19)6-5-9-18-13-8-7-12(22-13)10-21-15(20)16(2,3)4/h5-6,9,12-13,18H,7-8,10H2,1-4H3,(H2,17,19)/b9-5-,11-6+/t12-,13+/m0/s1. The topological polar surface area (TPSA) is 90.7 Å². The number of carbonyl (C=O) groups is 2. The molecule has 0 aromatic heterocycles. The number of primary amides is 1. The Kier molecular flexibility index (Phi) is 6.61. The molecule has 0 aromatic carbocycles. The minimum absolute atomic E-state index is 0.0832. The lowest BCUT2D eigenvalue weighted by Gasteiger charge is -2.19. The van der Waals surface area contributed by atoms with Gasteiger partial charge in [0, 0.05) is 5.57 Å². The highest BCUT2D eigenvalue weighted by Gasteiger charge is 2.28. The third-order valence-corrected chi connectivity index (χ3v) is 3.23. The largest absolute Gasteiger partial charge is 0.463 e. The van der Waals surface area contributed by atoms with Crippen LogP contribution in [0.4, 0.5) is 0 Å². The summed E-state index contributed by atoms with van der Waals surface area (Å²) in [5.74, 6) is -0.665. The van der Waals surface area contributed by atoms with E-state index in [1.807, 2.05) is 20.8 Å². The molecule has 0 radical (unpaired) electrons. The predicted molar refractivity (Wildman–Crippen MR) is 83.5 cm³/mol. The molecular weight excluding hydrogens is 284 g/mol. The number of amides is 1. The summed E-state index contributed by atoms with van der Waals surface area (Å²) in [5, 5.41) is 3.08.